The molecule has 280 valence electrons. The third-order valence-electron chi connectivity index (χ3n) is 5.74. The Labute approximate surface area is 314 Å². The number of hydrogen-bond donors (Lipinski definition) is 4. The van der Waals surface area contributed by atoms with Crippen molar-refractivity contribution in [1.29, 1.82) is 0 Å². The van der Waals surface area contributed by atoms with Crippen LogP contribution in [0.3, 0.4) is 0 Å². The highest BCUT2D eigenvalue weighted by Gasteiger charge is 2.35. The van der Waals surface area contributed by atoms with Crippen LogP contribution in [0.2, 0.25) is 10.3 Å². The van der Waals surface area contributed by atoms with E-state index >= 15 is 0 Å². The van der Waals surface area contributed by atoms with Gasteiger partial charge in [-0.25, -0.2) is 36.2 Å². The molecule has 0 saturated carbocycles. The third kappa shape index (κ3) is 13.8. The van der Waals surface area contributed by atoms with E-state index in [0.717, 1.165) is 12.3 Å². The standard InChI is InChI=1S/C15H15ClF3N3O2S.C9H14N2O2S.C6H2ClF3IN/c1-9(2)22-25(23,24)13-6-4-3-5-11(13)21-12-7-14(16)20-8-10(12)15(17,18)19;1-7(2)11-14(12,13)9-6-4-3-5-8(9)10;7-5-1-4(11)3(2-12-5)6(8,9)10/h3-9,22H,1-2H3,(H,20,21);3-7,11H,10H2,1-2H3;1-2H. The molecule has 2 heterocycles. The second-order valence-electron chi connectivity index (χ2n) is 10.7. The van der Waals surface area contributed by atoms with Gasteiger partial charge < -0.3 is 11.1 Å². The molecule has 5 N–H and O–H groups in total. The molecule has 2 aromatic heterocycles. The first kappa shape index (κ1) is 44.2. The summed E-state index contributed by atoms with van der Waals surface area (Å²) in [5, 5.41) is 2.41. The molecule has 0 aliphatic rings. The van der Waals surface area contributed by atoms with Crippen LogP contribution in [0.5, 0.6) is 0 Å². The second kappa shape index (κ2) is 18.2. The quantitative estimate of drug-likeness (QED) is 0.0594. The van der Waals surface area contributed by atoms with Crippen molar-refractivity contribution < 1.29 is 43.2 Å². The maximum atomic E-state index is 13.1. The Morgan fingerprint density at radius 1 is 0.686 bits per heavy atom. The Hall–Kier alpha value is -2.95. The van der Waals surface area contributed by atoms with Gasteiger partial charge in [0.15, 0.2) is 0 Å². The zero-order valence-corrected chi connectivity index (χ0v) is 32.2. The number of nitrogens with one attached hydrogen (secondary N) is 3. The van der Waals surface area contributed by atoms with Crippen LogP contribution >= 0.6 is 45.8 Å². The highest BCUT2D eigenvalue weighted by molar-refractivity contribution is 14.1. The van der Waals surface area contributed by atoms with Gasteiger partial charge in [0.1, 0.15) is 20.1 Å². The second-order valence-corrected chi connectivity index (χ2v) is 16.0. The molecule has 4 aromatic rings. The Kier molecular flexibility index (Phi) is 15.8. The van der Waals surface area contributed by atoms with Crippen LogP contribution in [0.4, 0.5) is 43.4 Å². The molecule has 2 aromatic carbocycles. The maximum absolute atomic E-state index is 13.1. The summed E-state index contributed by atoms with van der Waals surface area (Å²) in [6.45, 7) is 6.79. The molecule has 0 spiro atoms. The number of anilines is 3. The van der Waals surface area contributed by atoms with Crippen LogP contribution in [0.15, 0.2) is 82.8 Å². The summed E-state index contributed by atoms with van der Waals surface area (Å²) in [6.07, 6.45) is -7.71. The number of sulfonamides is 2. The molecule has 0 amide bonds. The largest absolute Gasteiger partial charge is 0.419 e. The summed E-state index contributed by atoms with van der Waals surface area (Å²) < 4.78 is 129. The fourth-order valence-electron chi connectivity index (χ4n) is 3.80. The summed E-state index contributed by atoms with van der Waals surface area (Å²) in [4.78, 5) is 6.74. The van der Waals surface area contributed by atoms with Crippen molar-refractivity contribution in [2.45, 2.75) is 61.9 Å². The van der Waals surface area contributed by atoms with Crippen molar-refractivity contribution in [3.8, 4) is 0 Å². The monoisotopic (exact) mass is 914 g/mol. The Balaban J connectivity index is 0.000000292. The van der Waals surface area contributed by atoms with E-state index in [2.05, 4.69) is 24.7 Å². The number of para-hydroxylation sites is 2. The predicted octanol–water partition coefficient (Wildman–Crippen LogP) is 8.50. The van der Waals surface area contributed by atoms with Gasteiger partial charge in [-0.1, -0.05) is 47.5 Å². The van der Waals surface area contributed by atoms with E-state index in [0.29, 0.717) is 6.20 Å². The Bertz CT molecular complexity index is 2020. The molecular formula is C30H31Cl2F6IN6O4S2. The van der Waals surface area contributed by atoms with Gasteiger partial charge in [0.25, 0.3) is 0 Å². The molecule has 10 nitrogen and oxygen atoms in total. The topological polar surface area (TPSA) is 156 Å². The average molecular weight is 916 g/mol. The molecule has 0 saturated heterocycles. The van der Waals surface area contributed by atoms with E-state index in [1.807, 2.05) is 0 Å². The lowest BCUT2D eigenvalue weighted by Crippen LogP contribution is -2.30. The molecule has 0 unspecified atom stereocenters. The molecule has 0 radical (unpaired) electrons. The normalized spacial score (nSPS) is 12.1. The summed E-state index contributed by atoms with van der Waals surface area (Å²) >= 11 is 12.6. The zero-order valence-electron chi connectivity index (χ0n) is 26.9. The van der Waals surface area contributed by atoms with Gasteiger partial charge in [-0.2, -0.15) is 26.3 Å². The lowest BCUT2D eigenvalue weighted by Gasteiger charge is -2.17. The summed E-state index contributed by atoms with van der Waals surface area (Å²) in [5.41, 5.74) is 3.62. The average Bonchev–Trinajstić information content (AvgIpc) is 2.95. The maximum Gasteiger partial charge on any atom is 0.419 e. The molecule has 0 fully saturated rings. The summed E-state index contributed by atoms with van der Waals surface area (Å²) in [5.74, 6) is 0. The first-order valence-electron chi connectivity index (χ1n) is 14.2. The molecule has 51 heavy (non-hydrogen) atoms. The van der Waals surface area contributed by atoms with E-state index in [1.165, 1.54) is 36.4 Å². The summed E-state index contributed by atoms with van der Waals surface area (Å²) in [6, 6.07) is 13.7. The van der Waals surface area contributed by atoms with Gasteiger partial charge in [-0.15, -0.1) is 0 Å². The minimum Gasteiger partial charge on any atom is -0.398 e. The van der Waals surface area contributed by atoms with Crippen molar-refractivity contribution in [3.63, 3.8) is 0 Å². The fourth-order valence-corrected chi connectivity index (χ4v) is 7.83. The van der Waals surface area contributed by atoms with Crippen LogP contribution in [-0.4, -0.2) is 38.9 Å². The number of aromatic nitrogens is 2. The van der Waals surface area contributed by atoms with Crippen LogP contribution < -0.4 is 20.5 Å². The van der Waals surface area contributed by atoms with Gasteiger partial charge in [-0.3, -0.25) is 0 Å². The number of alkyl halides is 6. The summed E-state index contributed by atoms with van der Waals surface area (Å²) in [7, 11) is -7.38. The van der Waals surface area contributed by atoms with E-state index in [4.69, 9.17) is 28.9 Å². The van der Waals surface area contributed by atoms with Gasteiger partial charge in [0.2, 0.25) is 20.0 Å². The molecule has 0 bridgehead atoms. The van der Waals surface area contributed by atoms with Crippen molar-refractivity contribution in [3.05, 3.63) is 98.1 Å². The van der Waals surface area contributed by atoms with Crippen LogP contribution in [0.25, 0.3) is 0 Å². The van der Waals surface area contributed by atoms with Gasteiger partial charge in [-0.05, 0) is 86.7 Å². The highest BCUT2D eigenvalue weighted by Crippen LogP contribution is 2.38. The van der Waals surface area contributed by atoms with E-state index in [-0.39, 0.29) is 52.8 Å². The molecular weight excluding hydrogens is 884 g/mol. The molecule has 0 atom stereocenters. The minimum atomic E-state index is -4.68. The van der Waals surface area contributed by atoms with E-state index in [9.17, 15) is 43.2 Å². The fraction of sp³-hybridized carbons (Fsp3) is 0.267. The molecule has 0 aliphatic heterocycles. The minimum absolute atomic E-state index is 0.0107. The number of nitrogen functional groups attached to an aromatic ring is 1. The number of benzene rings is 2. The number of nitrogens with two attached hydrogens (primary N) is 1. The van der Waals surface area contributed by atoms with Gasteiger partial charge >= 0.3 is 12.4 Å². The number of rotatable bonds is 8. The smallest absolute Gasteiger partial charge is 0.398 e. The number of halogens is 9. The van der Waals surface area contributed by atoms with Crippen LogP contribution in [0, 0.1) is 3.57 Å². The molecule has 21 heteroatoms. The molecule has 4 rings (SSSR count). The predicted molar refractivity (Wildman–Crippen MR) is 193 cm³/mol. The highest BCUT2D eigenvalue weighted by atomic mass is 127. The lowest BCUT2D eigenvalue weighted by atomic mass is 10.2. The Morgan fingerprint density at radius 3 is 1.59 bits per heavy atom. The van der Waals surface area contributed by atoms with Gasteiger partial charge in [0.05, 0.1) is 28.2 Å². The van der Waals surface area contributed by atoms with Crippen molar-refractivity contribution in [2.75, 3.05) is 11.1 Å². The van der Waals surface area contributed by atoms with Crippen LogP contribution in [0.1, 0.15) is 38.8 Å². The molecule has 0 aliphatic carbocycles. The number of hydrogen-bond acceptors (Lipinski definition) is 8. The Morgan fingerprint density at radius 2 is 1.12 bits per heavy atom. The van der Waals surface area contributed by atoms with Gasteiger partial charge in [0, 0.05) is 28.0 Å². The van der Waals surface area contributed by atoms with E-state index < -0.39 is 43.5 Å². The zero-order chi connectivity index (χ0) is 38.9. The SMILES string of the molecule is CC(C)NS(=O)(=O)c1ccccc1N.CC(C)NS(=O)(=O)c1ccccc1Nc1cc(Cl)ncc1C(F)(F)F.FC(F)(F)c1cnc(Cl)cc1I. The number of pyridine rings is 2. The first-order valence-corrected chi connectivity index (χ1v) is 19.0. The lowest BCUT2D eigenvalue weighted by molar-refractivity contribution is -0.138. The number of nitrogens with zero attached hydrogens (tertiary/aromatic N) is 2. The first-order chi connectivity index (χ1) is 23.3. The van der Waals surface area contributed by atoms with Crippen molar-refractivity contribution in [1.82, 2.24) is 19.4 Å². The van der Waals surface area contributed by atoms with Crippen molar-refractivity contribution in [2.24, 2.45) is 0 Å². The third-order valence-corrected chi connectivity index (χ3v) is 10.5. The van der Waals surface area contributed by atoms with Crippen molar-refractivity contribution >= 4 is 82.9 Å². The van der Waals surface area contributed by atoms with E-state index in [1.54, 1.807) is 68.5 Å². The van der Waals surface area contributed by atoms with Crippen LogP contribution in [-0.2, 0) is 32.4 Å².